The first-order chi connectivity index (χ1) is 10.3. The maximum atomic E-state index is 10.2. The molecule has 0 atom stereocenters. The monoisotopic (exact) mass is 346 g/mol. The first kappa shape index (κ1) is 19.1. The molecule has 0 fully saturated rings. The Hall–Kier alpha value is -1.89. The van der Waals surface area contributed by atoms with Crippen LogP contribution in [0.25, 0.3) is 0 Å². The third kappa shape index (κ3) is 18.1. The van der Waals surface area contributed by atoms with Gasteiger partial charge in [-0.25, -0.2) is 0 Å². The molecule has 0 amide bonds. The first-order valence-electron chi connectivity index (χ1n) is 6.86. The summed E-state index contributed by atoms with van der Waals surface area (Å²) in [5.74, 6) is 16.3. The lowest BCUT2D eigenvalue weighted by molar-refractivity contribution is -0.137. The Labute approximate surface area is 135 Å². The maximum absolute atomic E-state index is 10.2. The van der Waals surface area contributed by atoms with Gasteiger partial charge in [0.2, 0.25) is 0 Å². The van der Waals surface area contributed by atoms with E-state index in [2.05, 4.69) is 51.5 Å². The number of carbonyl (C=O) groups is 1. The smallest absolute Gasteiger partial charge is 0.303 e. The largest absolute Gasteiger partial charge is 0.481 e. The van der Waals surface area contributed by atoms with Crippen molar-refractivity contribution in [3.05, 3.63) is 23.2 Å². The van der Waals surface area contributed by atoms with Gasteiger partial charge >= 0.3 is 5.97 Å². The number of aliphatic carboxylic acids is 1. The predicted octanol–water partition coefficient (Wildman–Crippen LogP) is 4.28. The summed E-state index contributed by atoms with van der Waals surface area (Å²) in [5.41, 5.74) is 0. The third-order valence-corrected chi connectivity index (χ3v) is 2.55. The minimum atomic E-state index is -0.781. The minimum Gasteiger partial charge on any atom is -0.481 e. The summed E-state index contributed by atoms with van der Waals surface area (Å²) >= 11 is 3.16. The summed E-state index contributed by atoms with van der Waals surface area (Å²) in [6.45, 7) is 0. The Balaban J connectivity index is 3.56. The second-order valence-electron chi connectivity index (χ2n) is 4.08. The Morgan fingerprint density at radius 1 is 1.00 bits per heavy atom. The molecule has 0 aliphatic rings. The van der Waals surface area contributed by atoms with E-state index in [0.29, 0.717) is 12.8 Å². The van der Waals surface area contributed by atoms with Gasteiger partial charge in [-0.05, 0) is 54.7 Å². The number of unbranched alkanes of at least 4 members (excludes halogenated alkanes) is 4. The lowest BCUT2D eigenvalue weighted by atomic mass is 10.2. The fraction of sp³-hybridized carbons (Fsp3) is 0.389. The van der Waals surface area contributed by atoms with Crippen molar-refractivity contribution in [1.29, 1.82) is 0 Å². The summed E-state index contributed by atoms with van der Waals surface area (Å²) in [5, 5.41) is 8.43. The zero-order chi connectivity index (χ0) is 15.6. The molecule has 0 aliphatic carbocycles. The molecule has 0 aromatic heterocycles. The van der Waals surface area contributed by atoms with Gasteiger partial charge in [0.15, 0.2) is 0 Å². The molecule has 0 unspecified atom stereocenters. The second-order valence-corrected chi connectivity index (χ2v) is 4.61. The molecule has 0 aromatic rings. The standard InChI is InChI=1S/C18H19BrO2/c19-17-15-13-11-9-7-5-3-1-2-4-6-8-10-12-14-16-18(20)21/h1-2,15,17H,3,5,7,9,12,14,16H2,(H,20,21)/b2-1+,17-15+. The number of hydrogen-bond acceptors (Lipinski definition) is 1. The zero-order valence-electron chi connectivity index (χ0n) is 12.0. The fourth-order valence-electron chi connectivity index (χ4n) is 1.29. The van der Waals surface area contributed by atoms with Crippen LogP contribution in [0.15, 0.2) is 23.2 Å². The minimum absolute atomic E-state index is 0.165. The van der Waals surface area contributed by atoms with Crippen LogP contribution in [0.1, 0.15) is 44.9 Å². The van der Waals surface area contributed by atoms with E-state index in [1.165, 1.54) is 0 Å². The molecule has 2 nitrogen and oxygen atoms in total. The van der Waals surface area contributed by atoms with Crippen molar-refractivity contribution in [3.63, 3.8) is 0 Å². The fourth-order valence-corrected chi connectivity index (χ4v) is 1.43. The summed E-state index contributed by atoms with van der Waals surface area (Å²) in [7, 11) is 0. The van der Waals surface area contributed by atoms with Gasteiger partial charge in [-0.3, -0.25) is 4.79 Å². The molecule has 0 heterocycles. The van der Waals surface area contributed by atoms with Gasteiger partial charge in [-0.15, -0.1) is 0 Å². The zero-order valence-corrected chi connectivity index (χ0v) is 13.6. The molecule has 21 heavy (non-hydrogen) atoms. The molecular formula is C18H19BrO2. The van der Waals surface area contributed by atoms with E-state index < -0.39 is 5.97 Å². The SMILES string of the molecule is O=C(O)CCCC#CC#C/C=C/CCCCC#C/C=C/Br. The Morgan fingerprint density at radius 3 is 2.57 bits per heavy atom. The average Bonchev–Trinajstić information content (AvgIpc) is 2.46. The van der Waals surface area contributed by atoms with E-state index in [1.54, 1.807) is 11.1 Å². The number of rotatable bonds is 7. The maximum Gasteiger partial charge on any atom is 0.303 e. The Bertz CT molecular complexity index is 525. The molecule has 110 valence electrons. The number of hydrogen-bond donors (Lipinski definition) is 1. The number of allylic oxidation sites excluding steroid dienone is 3. The summed E-state index contributed by atoms with van der Waals surface area (Å²) in [6.07, 6.45) is 11.0. The highest BCUT2D eigenvalue weighted by molar-refractivity contribution is 9.11. The number of carboxylic acid groups (broad SMARTS) is 1. The van der Waals surface area contributed by atoms with Crippen LogP contribution < -0.4 is 0 Å². The van der Waals surface area contributed by atoms with Gasteiger partial charge in [-0.1, -0.05) is 45.7 Å². The van der Waals surface area contributed by atoms with Gasteiger partial charge in [-0.2, -0.15) is 0 Å². The van der Waals surface area contributed by atoms with Crippen molar-refractivity contribution in [2.45, 2.75) is 44.9 Å². The van der Waals surface area contributed by atoms with Crippen LogP contribution in [0, 0.1) is 35.5 Å². The number of halogens is 1. The molecular weight excluding hydrogens is 328 g/mol. The predicted molar refractivity (Wildman–Crippen MR) is 90.5 cm³/mol. The summed E-state index contributed by atoms with van der Waals surface area (Å²) in [6, 6.07) is 0. The van der Waals surface area contributed by atoms with Gasteiger partial charge in [0.1, 0.15) is 0 Å². The molecule has 0 spiro atoms. The molecule has 3 heteroatoms. The molecule has 0 aromatic carbocycles. The van der Waals surface area contributed by atoms with E-state index in [1.807, 2.05) is 12.2 Å². The molecule has 0 radical (unpaired) electrons. The summed E-state index contributed by atoms with van der Waals surface area (Å²) < 4.78 is 0. The topological polar surface area (TPSA) is 37.3 Å². The lowest BCUT2D eigenvalue weighted by Gasteiger charge is -1.89. The van der Waals surface area contributed by atoms with E-state index in [-0.39, 0.29) is 6.42 Å². The van der Waals surface area contributed by atoms with Gasteiger partial charge in [0, 0.05) is 19.3 Å². The van der Waals surface area contributed by atoms with Crippen LogP contribution in [0.2, 0.25) is 0 Å². The van der Waals surface area contributed by atoms with Crippen molar-refractivity contribution >= 4 is 21.9 Å². The molecule has 0 saturated carbocycles. The lowest BCUT2D eigenvalue weighted by Crippen LogP contribution is -1.92. The van der Waals surface area contributed by atoms with E-state index in [0.717, 1.165) is 25.7 Å². The first-order valence-corrected chi connectivity index (χ1v) is 7.77. The van der Waals surface area contributed by atoms with Crippen molar-refractivity contribution < 1.29 is 9.90 Å². The Kier molecular flexibility index (Phi) is 14.7. The Morgan fingerprint density at radius 2 is 1.81 bits per heavy atom. The molecule has 0 rings (SSSR count). The molecule has 1 N–H and O–H groups in total. The van der Waals surface area contributed by atoms with E-state index in [4.69, 9.17) is 5.11 Å². The average molecular weight is 347 g/mol. The highest BCUT2D eigenvalue weighted by Gasteiger charge is 1.92. The second kappa shape index (κ2) is 16.2. The molecule has 0 saturated heterocycles. The quantitative estimate of drug-likeness (QED) is 0.551. The van der Waals surface area contributed by atoms with Crippen LogP contribution in [-0.2, 0) is 4.79 Å². The van der Waals surface area contributed by atoms with Crippen LogP contribution >= 0.6 is 15.9 Å². The van der Waals surface area contributed by atoms with Gasteiger partial charge in [0.05, 0.1) is 0 Å². The highest BCUT2D eigenvalue weighted by Crippen LogP contribution is 1.99. The van der Waals surface area contributed by atoms with E-state index in [9.17, 15) is 4.79 Å². The van der Waals surface area contributed by atoms with Crippen molar-refractivity contribution in [1.82, 2.24) is 0 Å². The van der Waals surface area contributed by atoms with Crippen LogP contribution in [-0.4, -0.2) is 11.1 Å². The van der Waals surface area contributed by atoms with Crippen molar-refractivity contribution in [2.24, 2.45) is 0 Å². The normalized spacial score (nSPS) is 9.38. The van der Waals surface area contributed by atoms with E-state index >= 15 is 0 Å². The molecule has 0 bridgehead atoms. The van der Waals surface area contributed by atoms with Crippen molar-refractivity contribution in [2.75, 3.05) is 0 Å². The van der Waals surface area contributed by atoms with Crippen LogP contribution in [0.4, 0.5) is 0 Å². The third-order valence-electron chi connectivity index (χ3n) is 2.29. The van der Waals surface area contributed by atoms with Crippen molar-refractivity contribution in [3.8, 4) is 35.5 Å². The van der Waals surface area contributed by atoms with Gasteiger partial charge in [0.25, 0.3) is 0 Å². The van der Waals surface area contributed by atoms with Crippen LogP contribution in [0.5, 0.6) is 0 Å². The summed E-state index contributed by atoms with van der Waals surface area (Å²) in [4.78, 5) is 12.0. The number of carboxylic acids is 1. The molecule has 0 aliphatic heterocycles. The van der Waals surface area contributed by atoms with Gasteiger partial charge < -0.3 is 5.11 Å². The highest BCUT2D eigenvalue weighted by atomic mass is 79.9. The van der Waals surface area contributed by atoms with Crippen LogP contribution in [0.3, 0.4) is 0 Å².